The number of benzene rings is 4. The molecule has 8 N–H and O–H groups in total. The molecule has 9 rings (SSSR count). The summed E-state index contributed by atoms with van der Waals surface area (Å²) in [5.74, 6) is -4.60. The van der Waals surface area contributed by atoms with Gasteiger partial charge >= 0.3 is 17.1 Å². The van der Waals surface area contributed by atoms with Crippen LogP contribution in [0.15, 0.2) is 24.3 Å². The minimum absolute atomic E-state index is 0. The fourth-order valence-corrected chi connectivity index (χ4v) is 9.29. The van der Waals surface area contributed by atoms with E-state index in [1.807, 2.05) is 0 Å². The first kappa shape index (κ1) is 42.6. The van der Waals surface area contributed by atoms with E-state index >= 15 is 0 Å². The second kappa shape index (κ2) is 15.1. The van der Waals surface area contributed by atoms with E-state index in [2.05, 4.69) is 19.9 Å². The first-order valence-corrected chi connectivity index (χ1v) is 19.4. The van der Waals surface area contributed by atoms with Gasteiger partial charge in [0.15, 0.2) is 0 Å². The van der Waals surface area contributed by atoms with Gasteiger partial charge in [-0.3, -0.25) is 19.2 Å². The zero-order valence-corrected chi connectivity index (χ0v) is 36.1. The Balaban J connectivity index is 0.00000514. The molecule has 8 bridgehead atoms. The number of hydrogen-bond donors (Lipinski definition) is 4. The fraction of sp³-hybridized carbons (Fsp3) is 0. The number of rotatable bonds is 4. The van der Waals surface area contributed by atoms with E-state index in [4.69, 9.17) is 136 Å². The Hall–Kier alpha value is -5.04. The molecule has 0 unspecified atom stereocenters. The van der Waals surface area contributed by atoms with Gasteiger partial charge < -0.3 is 52.8 Å². The summed E-state index contributed by atoms with van der Waals surface area (Å²) in [5.41, 5.74) is 21.1. The molecule has 3 aromatic heterocycles. The normalized spacial score (nSPS) is 11.7. The van der Waals surface area contributed by atoms with E-state index in [1.54, 1.807) is 0 Å². The van der Waals surface area contributed by atoms with Crippen LogP contribution in [-0.4, -0.2) is 53.5 Å². The topological polar surface area (TPSA) is 278 Å². The largest absolute Gasteiger partial charge is 2.00 e. The summed E-state index contributed by atoms with van der Waals surface area (Å²) >= 11 is 54.5. The molecular weight excluding hydrogens is 1010 g/mol. The summed E-state index contributed by atoms with van der Waals surface area (Å²) in [6, 6.07) is 4.85. The molecular formula is C36H12Cl8CuN12O4. The van der Waals surface area contributed by atoms with Gasteiger partial charge in [0.1, 0.15) is 0 Å². The number of nitrogens with zero attached hydrogens (tertiary/aromatic N) is 8. The van der Waals surface area contributed by atoms with Crippen LogP contribution in [0.1, 0.15) is 41.4 Å². The number of amides is 4. The van der Waals surface area contributed by atoms with Crippen molar-refractivity contribution < 1.29 is 36.2 Å². The minimum atomic E-state index is -0.941. The van der Waals surface area contributed by atoms with Crippen molar-refractivity contribution >= 4 is 161 Å². The van der Waals surface area contributed by atoms with Gasteiger partial charge in [-0.05, 0) is 24.3 Å². The summed E-state index contributed by atoms with van der Waals surface area (Å²) < 4.78 is 0. The molecule has 2 aliphatic rings. The maximum absolute atomic E-state index is 12.6. The monoisotopic (exact) mass is 1020 g/mol. The Morgan fingerprint density at radius 1 is 0.377 bits per heavy atom. The van der Waals surface area contributed by atoms with Crippen LogP contribution in [0.4, 0.5) is 0 Å². The molecule has 1 radical (unpaired) electrons. The number of nitrogens with two attached hydrogens (primary N) is 4. The first-order valence-electron chi connectivity index (χ1n) is 16.4. The average Bonchev–Trinajstić information content (AvgIpc) is 3.92. The van der Waals surface area contributed by atoms with Crippen LogP contribution >= 0.6 is 92.8 Å². The van der Waals surface area contributed by atoms with E-state index in [-0.39, 0.29) is 169 Å². The average molecular weight is 1020 g/mol. The summed E-state index contributed by atoms with van der Waals surface area (Å²) in [6.07, 6.45) is 0. The predicted molar refractivity (Wildman–Crippen MR) is 228 cm³/mol. The molecule has 0 spiro atoms. The molecule has 307 valence electrons. The molecule has 0 fully saturated rings. The van der Waals surface area contributed by atoms with Gasteiger partial charge in [-0.25, -0.2) is 9.97 Å². The van der Waals surface area contributed by atoms with Crippen LogP contribution in [0, 0.1) is 0 Å². The second-order valence-corrected chi connectivity index (χ2v) is 16.0. The third-order valence-electron chi connectivity index (χ3n) is 9.41. The number of fused-ring (bicyclic) bond motifs is 20. The Labute approximate surface area is 389 Å². The number of aromatic nitrogens is 8. The minimum Gasteiger partial charge on any atom is -0.366 e. The summed E-state index contributed by atoms with van der Waals surface area (Å²) in [4.78, 5) is 87.6. The van der Waals surface area contributed by atoms with Crippen molar-refractivity contribution in [2.24, 2.45) is 22.9 Å². The van der Waals surface area contributed by atoms with Crippen LogP contribution in [0.5, 0.6) is 0 Å². The standard InChI is InChI=1S/C36H14Cl8N12O4.Cu/c37-9-1-5(25(45)57)21(41)17-13(9)29-49-30-14-10(38)2-6(26(46)58)22(42)18(14)35(52-30)56-36-20-16(12(40)4-8(24(20)44)28(48)60)32(54-36)50-31-15-11(39)3-7(27(47)59)23(43)19(15)34(53-31)55-33(17)51-29;/h1-4H,(H10,45,46,47,48,49,50,51,52,53,54,55,56,57,58,59,60);/q;+2/p-2. The van der Waals surface area contributed by atoms with Crippen molar-refractivity contribution in [3.8, 4) is 45.6 Å². The van der Waals surface area contributed by atoms with Crippen molar-refractivity contribution in [3.63, 3.8) is 0 Å². The predicted octanol–water partition coefficient (Wildman–Crippen LogP) is 7.75. The molecule has 16 nitrogen and oxygen atoms in total. The van der Waals surface area contributed by atoms with Crippen molar-refractivity contribution in [2.75, 3.05) is 0 Å². The Bertz CT molecular complexity index is 3240. The maximum Gasteiger partial charge on any atom is 2.00 e. The number of carbonyl (C=O) groups excluding carboxylic acids is 4. The number of carbonyl (C=O) groups is 4. The van der Waals surface area contributed by atoms with E-state index in [0.29, 0.717) is 0 Å². The Morgan fingerprint density at radius 3 is 0.951 bits per heavy atom. The van der Waals surface area contributed by atoms with Gasteiger partial charge in [-0.2, -0.15) is 0 Å². The quantitative estimate of drug-likeness (QED) is 0.123. The van der Waals surface area contributed by atoms with Crippen LogP contribution in [0.25, 0.3) is 89.7 Å². The van der Waals surface area contributed by atoms with Crippen molar-refractivity contribution in [2.45, 2.75) is 0 Å². The second-order valence-electron chi connectivity index (χ2n) is 12.8. The number of primary amides is 4. The van der Waals surface area contributed by atoms with Gasteiger partial charge in [0.05, 0.1) is 85.7 Å². The van der Waals surface area contributed by atoms with Gasteiger partial charge in [-0.1, -0.05) is 92.8 Å². The van der Waals surface area contributed by atoms with Gasteiger partial charge in [0.2, 0.25) is 23.6 Å². The van der Waals surface area contributed by atoms with Crippen LogP contribution in [0.3, 0.4) is 0 Å². The van der Waals surface area contributed by atoms with E-state index in [9.17, 15) is 19.2 Å². The Morgan fingerprint density at radius 2 is 0.639 bits per heavy atom. The van der Waals surface area contributed by atoms with Crippen molar-refractivity contribution in [1.29, 1.82) is 0 Å². The van der Waals surface area contributed by atoms with Crippen LogP contribution < -0.4 is 32.9 Å². The molecule has 0 atom stereocenters. The van der Waals surface area contributed by atoms with Gasteiger partial charge in [0.25, 0.3) is 0 Å². The van der Waals surface area contributed by atoms with E-state index < -0.39 is 23.6 Å². The molecule has 0 saturated carbocycles. The van der Waals surface area contributed by atoms with Crippen LogP contribution in [0.2, 0.25) is 40.2 Å². The van der Waals surface area contributed by atoms with Crippen LogP contribution in [-0.2, 0) is 17.1 Å². The Kier molecular flexibility index (Phi) is 10.6. The summed E-state index contributed by atoms with van der Waals surface area (Å²) in [5, 5.41) is -1.22. The summed E-state index contributed by atoms with van der Waals surface area (Å²) in [7, 11) is 0. The van der Waals surface area contributed by atoms with Gasteiger partial charge in [-0.15, -0.1) is 0 Å². The number of halogens is 8. The molecule has 4 aromatic carbocycles. The molecule has 61 heavy (non-hydrogen) atoms. The maximum atomic E-state index is 12.6. The molecule has 5 heterocycles. The van der Waals surface area contributed by atoms with Crippen molar-refractivity contribution in [1.82, 2.24) is 39.9 Å². The zero-order chi connectivity index (χ0) is 43.0. The molecule has 0 saturated heterocycles. The molecule has 7 aromatic rings. The smallest absolute Gasteiger partial charge is 0.366 e. The van der Waals surface area contributed by atoms with E-state index in [0.717, 1.165) is 0 Å². The zero-order valence-electron chi connectivity index (χ0n) is 29.2. The fourth-order valence-electron chi connectivity index (χ4n) is 6.83. The third kappa shape index (κ3) is 6.42. The molecule has 4 amide bonds. The first-order chi connectivity index (χ1) is 28.4. The van der Waals surface area contributed by atoms with Crippen molar-refractivity contribution in [3.05, 3.63) is 86.7 Å². The summed E-state index contributed by atoms with van der Waals surface area (Å²) in [6.45, 7) is 0. The van der Waals surface area contributed by atoms with Gasteiger partial charge in [0, 0.05) is 66.4 Å². The molecule has 2 aliphatic heterocycles. The third-order valence-corrected chi connectivity index (χ3v) is 12.2. The molecule has 25 heteroatoms. The van der Waals surface area contributed by atoms with E-state index in [1.165, 1.54) is 24.3 Å². The number of hydrogen-bond acceptors (Lipinski definition) is 10. The molecule has 0 aliphatic carbocycles. The SMILES string of the molecule is NC(=O)c1cc(Cl)c2c(c1Cl)-c1nc-2nc2[n-]c(nc3nc(nc4[n-]c(n1)c1c(Cl)c(C(N)=O)cc(Cl)c41)-c1c(Cl)cc(C(N)=O)c(Cl)c1-3)c1c(Cl)c(C(N)=O)cc(Cl)c21.[Cu+2].